The minimum atomic E-state index is -0.919. The lowest BCUT2D eigenvalue weighted by Crippen LogP contribution is -2.54. The highest BCUT2D eigenvalue weighted by Crippen LogP contribution is 2.70. The number of phenolic OH excluding ortho intramolecular Hbond substituents is 1. The predicted octanol–water partition coefficient (Wildman–Crippen LogP) is 13.8. The van der Waals surface area contributed by atoms with Gasteiger partial charge in [0.05, 0.1) is 25.4 Å². The van der Waals surface area contributed by atoms with E-state index in [1.54, 1.807) is 0 Å². The maximum Gasteiger partial charge on any atom is 0.181 e. The SMILES string of the molecule is C#C[C@]1(O)CCC2C3CC=C4C[C@@H](O)CC[C@]4(C)C3CC[C@@]21C.C#C[C@]1(O)CCC2C3CCc4cc(O)ccc4C3CC[C@@]21C.COOCO[C@H]1CC[C@@]2(C)C(=CC(=O)C3C2CC[C@]2(C)C(=O)CCC32)C1.C[C@]12CC[C@H](O)CC1=CCC1C2CC[C@@]2(C)C1CC(=O)[C@@H]2O. The lowest BCUT2D eigenvalue weighted by molar-refractivity contribution is -0.326. The van der Waals surface area contributed by atoms with Gasteiger partial charge in [0.1, 0.15) is 28.8 Å². The van der Waals surface area contributed by atoms with Crippen LogP contribution >= 0.6 is 0 Å². The topological polar surface area (TPSA) is 200 Å². The lowest BCUT2D eigenvalue weighted by Gasteiger charge is -2.58. The normalized spacial score (nSPS) is 49.2. The lowest BCUT2D eigenvalue weighted by atomic mass is 9.47. The zero-order valence-corrected chi connectivity index (χ0v) is 57.5. The minimum Gasteiger partial charge on any atom is -0.508 e. The van der Waals surface area contributed by atoms with Gasteiger partial charge in [0.2, 0.25) is 0 Å². The Morgan fingerprint density at radius 3 is 1.71 bits per heavy atom. The van der Waals surface area contributed by atoms with Crippen LogP contribution in [0.15, 0.2) is 53.1 Å². The quantitative estimate of drug-likeness (QED) is 0.0417. The van der Waals surface area contributed by atoms with E-state index < -0.39 is 17.3 Å². The van der Waals surface area contributed by atoms with Crippen LogP contribution in [0.3, 0.4) is 0 Å². The van der Waals surface area contributed by atoms with E-state index in [0.29, 0.717) is 83.6 Å². The number of aliphatic hydroxyl groups is 5. The van der Waals surface area contributed by atoms with Gasteiger partial charge in [-0.15, -0.1) is 12.8 Å². The summed E-state index contributed by atoms with van der Waals surface area (Å²) in [5, 5.41) is 62.1. The summed E-state index contributed by atoms with van der Waals surface area (Å²) in [7, 11) is 1.47. The third-order valence-electron chi connectivity index (χ3n) is 31.5. The summed E-state index contributed by atoms with van der Waals surface area (Å²) in [4.78, 5) is 47.1. The fourth-order valence-electron chi connectivity index (χ4n) is 25.6. The molecule has 0 spiro atoms. The van der Waals surface area contributed by atoms with E-state index in [2.05, 4.69) is 83.4 Å². The van der Waals surface area contributed by atoms with Gasteiger partial charge in [0, 0.05) is 40.4 Å². The summed E-state index contributed by atoms with van der Waals surface area (Å²) < 4.78 is 5.74. The summed E-state index contributed by atoms with van der Waals surface area (Å²) in [6.07, 6.45) is 44.1. The molecule has 0 saturated heterocycles. The number of aliphatic hydroxyl groups excluding tert-OH is 3. The number of allylic oxidation sites excluding steroid dienone is 3. The fourth-order valence-corrected chi connectivity index (χ4v) is 25.6. The van der Waals surface area contributed by atoms with Crippen molar-refractivity contribution in [3.8, 4) is 30.4 Å². The monoisotopic (exact) mass is 1280 g/mol. The van der Waals surface area contributed by atoms with Gasteiger partial charge in [-0.25, -0.2) is 9.78 Å². The van der Waals surface area contributed by atoms with Gasteiger partial charge in [-0.2, -0.15) is 0 Å². The van der Waals surface area contributed by atoms with E-state index in [9.17, 15) is 45.0 Å². The number of aryl methyl sites for hydroxylation is 1. The molecule has 0 aromatic heterocycles. The number of ketones is 3. The predicted molar refractivity (Wildman–Crippen MR) is 357 cm³/mol. The molecule has 12 nitrogen and oxygen atoms in total. The van der Waals surface area contributed by atoms with E-state index >= 15 is 0 Å². The van der Waals surface area contributed by atoms with Crippen LogP contribution in [0.5, 0.6) is 5.75 Å². The summed E-state index contributed by atoms with van der Waals surface area (Å²) in [5.41, 5.74) is 4.95. The Bertz CT molecular complexity index is 3280. The molecule has 0 bridgehead atoms. The van der Waals surface area contributed by atoms with Crippen molar-refractivity contribution in [2.75, 3.05) is 13.9 Å². The van der Waals surface area contributed by atoms with Crippen molar-refractivity contribution in [3.63, 3.8) is 0 Å². The summed E-state index contributed by atoms with van der Waals surface area (Å²) in [5.74, 6) is 12.3. The Morgan fingerprint density at radius 1 is 0.548 bits per heavy atom. The average molecular weight is 1280 g/mol. The molecule has 11 fully saturated rings. The maximum atomic E-state index is 13.1. The van der Waals surface area contributed by atoms with Crippen molar-refractivity contribution in [2.24, 2.45) is 103 Å². The molecule has 25 atom stereocenters. The van der Waals surface area contributed by atoms with E-state index in [1.165, 1.54) is 41.4 Å². The van der Waals surface area contributed by atoms with Crippen molar-refractivity contribution in [3.05, 3.63) is 64.3 Å². The van der Waals surface area contributed by atoms with Crippen LogP contribution in [0, 0.1) is 128 Å². The van der Waals surface area contributed by atoms with Crippen LogP contribution < -0.4 is 0 Å². The fraction of sp³-hybridized carbons (Fsp3) is 0.765. The zero-order valence-electron chi connectivity index (χ0n) is 57.5. The molecule has 0 amide bonds. The van der Waals surface area contributed by atoms with Gasteiger partial charge in [-0.3, -0.25) is 14.4 Å². The van der Waals surface area contributed by atoms with Crippen LogP contribution in [-0.2, 0) is 35.3 Å². The van der Waals surface area contributed by atoms with Gasteiger partial charge in [-0.05, 0) is 278 Å². The van der Waals surface area contributed by atoms with Gasteiger partial charge in [0.15, 0.2) is 18.4 Å². The zero-order chi connectivity index (χ0) is 66.2. The van der Waals surface area contributed by atoms with Crippen molar-refractivity contribution >= 4 is 17.3 Å². The van der Waals surface area contributed by atoms with Crippen molar-refractivity contribution in [2.45, 2.75) is 270 Å². The third-order valence-corrected chi connectivity index (χ3v) is 31.5. The number of rotatable bonds is 4. The number of phenols is 1. The third kappa shape index (κ3) is 10.6. The van der Waals surface area contributed by atoms with Crippen LogP contribution in [-0.4, -0.2) is 97.5 Å². The second-order valence-electron chi connectivity index (χ2n) is 34.8. The van der Waals surface area contributed by atoms with E-state index in [4.69, 9.17) is 22.5 Å². The molecule has 93 heavy (non-hydrogen) atoms. The summed E-state index contributed by atoms with van der Waals surface area (Å²) in [6.45, 7) is 16.0. The molecule has 0 radical (unpaired) electrons. The first-order valence-corrected chi connectivity index (χ1v) is 36.8. The maximum absolute atomic E-state index is 13.1. The molecule has 1 aromatic rings. The Labute approximate surface area is 555 Å². The first kappa shape index (κ1) is 67.6. The first-order chi connectivity index (χ1) is 44.1. The summed E-state index contributed by atoms with van der Waals surface area (Å²) >= 11 is 0. The number of hydrogen-bond acceptors (Lipinski definition) is 12. The number of terminal acetylenes is 2. The molecule has 508 valence electrons. The van der Waals surface area contributed by atoms with E-state index in [-0.39, 0.29) is 86.4 Å². The number of aromatic hydroxyl groups is 1. The number of carbonyl (C=O) groups excluding carboxylic acids is 3. The van der Waals surface area contributed by atoms with Crippen molar-refractivity contribution in [1.82, 2.24) is 0 Å². The van der Waals surface area contributed by atoms with Crippen LogP contribution in [0.2, 0.25) is 0 Å². The van der Waals surface area contributed by atoms with Gasteiger partial charge in [0.25, 0.3) is 0 Å². The Morgan fingerprint density at radius 2 is 1.09 bits per heavy atom. The molecule has 15 aliphatic carbocycles. The second kappa shape index (κ2) is 24.5. The number of carbonyl (C=O) groups is 3. The van der Waals surface area contributed by atoms with Crippen LogP contribution in [0.25, 0.3) is 0 Å². The molecule has 15 aliphatic rings. The smallest absolute Gasteiger partial charge is 0.181 e. The Hall–Kier alpha value is -3.95. The van der Waals surface area contributed by atoms with Crippen LogP contribution in [0.1, 0.15) is 239 Å². The van der Waals surface area contributed by atoms with Gasteiger partial charge in [-0.1, -0.05) is 95.2 Å². The van der Waals surface area contributed by atoms with Crippen molar-refractivity contribution in [1.29, 1.82) is 0 Å². The molecular formula is C81H112O12. The van der Waals surface area contributed by atoms with E-state index in [0.717, 1.165) is 161 Å². The molecule has 1 aromatic carbocycles. The highest BCUT2D eigenvalue weighted by molar-refractivity contribution is 5.96. The highest BCUT2D eigenvalue weighted by atomic mass is 17.2. The molecule has 12 unspecified atom stereocenters. The highest BCUT2D eigenvalue weighted by Gasteiger charge is 2.66. The molecule has 0 aliphatic heterocycles. The minimum absolute atomic E-state index is 0.0308. The summed E-state index contributed by atoms with van der Waals surface area (Å²) in [6, 6.07) is 5.87. The number of ether oxygens (including phenoxy) is 1. The Kier molecular flexibility index (Phi) is 17.8. The van der Waals surface area contributed by atoms with Crippen LogP contribution in [0.4, 0.5) is 0 Å². The molecule has 16 rings (SSSR count). The number of Topliss-reactive ketones (excluding diaryl/α,β-unsaturated/α-hetero) is 2. The second-order valence-corrected chi connectivity index (χ2v) is 34.8. The van der Waals surface area contributed by atoms with Gasteiger partial charge < -0.3 is 35.4 Å². The molecule has 0 heterocycles. The molecular weight excluding hydrogens is 1160 g/mol. The van der Waals surface area contributed by atoms with Crippen molar-refractivity contribution < 1.29 is 59.5 Å². The molecule has 11 saturated carbocycles. The van der Waals surface area contributed by atoms with Gasteiger partial charge >= 0.3 is 0 Å². The number of fused-ring (bicyclic) bond motifs is 20. The Balaban J connectivity index is 0.000000113. The largest absolute Gasteiger partial charge is 0.508 e. The van der Waals surface area contributed by atoms with E-state index in [1.807, 2.05) is 18.2 Å². The number of benzene rings is 1. The first-order valence-electron chi connectivity index (χ1n) is 36.8. The number of hydrogen-bond donors (Lipinski definition) is 6. The molecule has 6 N–H and O–H groups in total. The molecule has 12 heteroatoms. The standard InChI is InChI=1S/C21H30O5.C21H30O2.C20H24O2.C19H28O3/c1-20-8-6-14(25-12-26-24-3)10-13(20)11-17(22)19-15-4-5-18(23)21(15,2)9-7-16(19)20;1-4-21(23)12-9-18-16-6-5-14-13-15(22)7-10-19(14,2)17(16)8-11-20(18,21)3;1-3-20(22)11-9-18-17-6-4-13-12-14(21)5-7-15(13)16(17)8-10-19(18,20)2;1-18-7-5-12(20)9-11(18)3-4-13-14(18)6-8-19(2)15(13)10-16(21)17(19)22/h11,14-16,19H,4-10,12H2,1-3H3;1,5,15-18,22-23H,6-13H2,2-3H3;1,5,7,12,16-18,21-22H,4,6,8-11H2,2H3;3,12-15,17,20,22H,4-10H2,1-2H3/t14-,15?,16?,19?,20-,21-;15-,16?,17?,18?,19-,20-,21-;16?,17?,18?,19-,20-;12-,13?,14?,15?,17-,18-,19-/m0000/s1. The average Bonchev–Trinajstić information content (AvgIpc) is 1.71.